The molecule has 1 aliphatic rings. The number of ether oxygens (including phenoxy) is 1. The van der Waals surface area contributed by atoms with Gasteiger partial charge in [0.2, 0.25) is 5.91 Å². The highest BCUT2D eigenvalue weighted by molar-refractivity contribution is 5.79. The Morgan fingerprint density at radius 1 is 1.38 bits per heavy atom. The van der Waals surface area contributed by atoms with E-state index in [1.807, 2.05) is 0 Å². The zero-order chi connectivity index (χ0) is 15.4. The molecule has 0 radical (unpaired) electrons. The van der Waals surface area contributed by atoms with Gasteiger partial charge in [0.15, 0.2) is 0 Å². The van der Waals surface area contributed by atoms with Crippen LogP contribution in [0.25, 0.3) is 0 Å². The summed E-state index contributed by atoms with van der Waals surface area (Å²) in [6.45, 7) is 0.684. The van der Waals surface area contributed by atoms with Crippen molar-refractivity contribution in [1.82, 2.24) is 4.90 Å². The molecule has 1 heterocycles. The molecule has 1 aromatic carbocycles. The Bertz CT molecular complexity index is 550. The maximum Gasteiger partial charge on any atom is 0.306 e. The Morgan fingerprint density at radius 3 is 2.86 bits per heavy atom. The Hall–Kier alpha value is -2.02. The minimum atomic E-state index is -1.01. The zero-order valence-corrected chi connectivity index (χ0v) is 11.2. The van der Waals surface area contributed by atoms with Crippen LogP contribution in [0.15, 0.2) is 18.2 Å². The van der Waals surface area contributed by atoms with Crippen molar-refractivity contribution in [1.29, 1.82) is 0 Å². The first-order valence-electron chi connectivity index (χ1n) is 6.51. The number of amides is 1. The molecule has 1 aromatic rings. The molecule has 1 amide bonds. The van der Waals surface area contributed by atoms with Crippen molar-refractivity contribution >= 4 is 11.9 Å². The predicted octanol–water partition coefficient (Wildman–Crippen LogP) is 1.21. The van der Waals surface area contributed by atoms with Gasteiger partial charge in [0.25, 0.3) is 0 Å². The molecule has 114 valence electrons. The molecule has 5 nitrogen and oxygen atoms in total. The summed E-state index contributed by atoms with van der Waals surface area (Å²) in [5.41, 5.74) is -0.0127. The molecule has 0 aliphatic carbocycles. The molecular formula is C14H15F2NO4. The van der Waals surface area contributed by atoms with E-state index in [4.69, 9.17) is 9.84 Å². The Morgan fingerprint density at radius 2 is 2.14 bits per heavy atom. The number of nitrogens with zero attached hydrogens (tertiary/aromatic N) is 1. The van der Waals surface area contributed by atoms with Crippen LogP contribution in [0.3, 0.4) is 0 Å². The number of rotatable bonds is 4. The molecule has 1 atom stereocenters. The van der Waals surface area contributed by atoms with Crippen molar-refractivity contribution in [3.05, 3.63) is 35.4 Å². The van der Waals surface area contributed by atoms with Crippen LogP contribution in [0.2, 0.25) is 0 Å². The highest BCUT2D eigenvalue weighted by atomic mass is 19.1. The fraction of sp³-hybridized carbons (Fsp3) is 0.429. The van der Waals surface area contributed by atoms with Crippen LogP contribution >= 0.6 is 0 Å². The summed E-state index contributed by atoms with van der Waals surface area (Å²) < 4.78 is 31.8. The first-order valence-corrected chi connectivity index (χ1v) is 6.51. The Kier molecular flexibility index (Phi) is 4.85. The van der Waals surface area contributed by atoms with Crippen molar-refractivity contribution < 1.29 is 28.2 Å². The number of carbonyl (C=O) groups is 2. The minimum Gasteiger partial charge on any atom is -0.481 e. The number of carboxylic acid groups (broad SMARTS) is 1. The van der Waals surface area contributed by atoms with Crippen molar-refractivity contribution in [2.75, 3.05) is 19.7 Å². The third kappa shape index (κ3) is 4.22. The van der Waals surface area contributed by atoms with Gasteiger partial charge in [-0.1, -0.05) is 0 Å². The van der Waals surface area contributed by atoms with Crippen molar-refractivity contribution in [2.45, 2.75) is 18.9 Å². The van der Waals surface area contributed by atoms with Crippen LogP contribution in [0.5, 0.6) is 0 Å². The maximum atomic E-state index is 13.5. The smallest absolute Gasteiger partial charge is 0.306 e. The van der Waals surface area contributed by atoms with Crippen molar-refractivity contribution in [3.8, 4) is 0 Å². The molecule has 1 N–H and O–H groups in total. The lowest BCUT2D eigenvalue weighted by molar-refractivity contribution is -0.147. The van der Waals surface area contributed by atoms with Gasteiger partial charge in [-0.2, -0.15) is 0 Å². The van der Waals surface area contributed by atoms with Crippen LogP contribution in [0.4, 0.5) is 8.78 Å². The van der Waals surface area contributed by atoms with E-state index in [1.165, 1.54) is 4.90 Å². The van der Waals surface area contributed by atoms with E-state index < -0.39 is 23.7 Å². The highest BCUT2D eigenvalue weighted by Gasteiger charge is 2.26. The Balaban J connectivity index is 1.99. The number of morpholine rings is 1. The van der Waals surface area contributed by atoms with Gasteiger partial charge in [-0.05, 0) is 18.2 Å². The summed E-state index contributed by atoms with van der Waals surface area (Å²) >= 11 is 0. The van der Waals surface area contributed by atoms with E-state index >= 15 is 0 Å². The predicted molar refractivity (Wildman–Crippen MR) is 68.6 cm³/mol. The third-order valence-corrected chi connectivity index (χ3v) is 3.24. The van der Waals surface area contributed by atoms with Crippen LogP contribution in [0.1, 0.15) is 12.0 Å². The van der Waals surface area contributed by atoms with Crippen molar-refractivity contribution in [2.24, 2.45) is 0 Å². The van der Waals surface area contributed by atoms with E-state index in [0.717, 1.165) is 18.2 Å². The molecule has 0 bridgehead atoms. The first-order chi connectivity index (χ1) is 9.95. The number of hydrogen-bond donors (Lipinski definition) is 1. The van der Waals surface area contributed by atoms with Gasteiger partial charge in [-0.3, -0.25) is 9.59 Å². The van der Waals surface area contributed by atoms with Crippen molar-refractivity contribution in [3.63, 3.8) is 0 Å². The SMILES string of the molecule is O=C(O)CC1CN(C(=O)Cc2cc(F)ccc2F)CCO1. The number of carboxylic acids is 1. The zero-order valence-electron chi connectivity index (χ0n) is 11.2. The second-order valence-electron chi connectivity index (χ2n) is 4.84. The van der Waals surface area contributed by atoms with E-state index in [-0.39, 0.29) is 37.5 Å². The fourth-order valence-electron chi connectivity index (χ4n) is 2.22. The van der Waals surface area contributed by atoms with Crippen LogP contribution in [-0.4, -0.2) is 47.7 Å². The van der Waals surface area contributed by atoms with Gasteiger partial charge < -0.3 is 14.7 Å². The average Bonchev–Trinajstić information content (AvgIpc) is 2.42. The molecule has 0 spiro atoms. The number of benzene rings is 1. The third-order valence-electron chi connectivity index (χ3n) is 3.24. The number of hydrogen-bond acceptors (Lipinski definition) is 3. The summed E-state index contributed by atoms with van der Waals surface area (Å²) in [6, 6.07) is 2.95. The molecule has 2 rings (SSSR count). The van der Waals surface area contributed by atoms with E-state index in [2.05, 4.69) is 0 Å². The topological polar surface area (TPSA) is 66.8 Å². The monoisotopic (exact) mass is 299 g/mol. The standard InChI is InChI=1S/C14H15F2NO4/c15-10-1-2-12(16)9(5-10)6-13(18)17-3-4-21-11(8-17)7-14(19)20/h1-2,5,11H,3-4,6-8H2,(H,19,20). The first kappa shape index (κ1) is 15.4. The summed E-state index contributed by atoms with van der Waals surface area (Å²) in [6.07, 6.45) is -1.03. The molecule has 1 unspecified atom stereocenters. The molecule has 0 aromatic heterocycles. The van der Waals surface area contributed by atoms with E-state index in [0.29, 0.717) is 6.54 Å². The number of halogens is 2. The molecule has 1 saturated heterocycles. The highest BCUT2D eigenvalue weighted by Crippen LogP contribution is 2.14. The normalized spacial score (nSPS) is 18.6. The van der Waals surface area contributed by atoms with E-state index in [9.17, 15) is 18.4 Å². The lowest BCUT2D eigenvalue weighted by Gasteiger charge is -2.32. The van der Waals surface area contributed by atoms with E-state index in [1.54, 1.807) is 0 Å². The second kappa shape index (κ2) is 6.62. The Labute approximate surface area is 120 Å². The molecule has 0 saturated carbocycles. The molecule has 1 fully saturated rings. The molecular weight excluding hydrogens is 284 g/mol. The van der Waals surface area contributed by atoms with Crippen LogP contribution in [0, 0.1) is 11.6 Å². The lowest BCUT2D eigenvalue weighted by atomic mass is 10.1. The molecule has 21 heavy (non-hydrogen) atoms. The van der Waals surface area contributed by atoms with Gasteiger partial charge in [-0.15, -0.1) is 0 Å². The fourth-order valence-corrected chi connectivity index (χ4v) is 2.22. The quantitative estimate of drug-likeness (QED) is 0.907. The van der Waals surface area contributed by atoms with Gasteiger partial charge >= 0.3 is 5.97 Å². The van der Waals surface area contributed by atoms with Gasteiger partial charge in [0.05, 0.1) is 25.6 Å². The summed E-state index contributed by atoms with van der Waals surface area (Å²) in [5, 5.41) is 8.72. The average molecular weight is 299 g/mol. The maximum absolute atomic E-state index is 13.5. The minimum absolute atomic E-state index is 0.0127. The van der Waals surface area contributed by atoms with Gasteiger partial charge in [0.1, 0.15) is 11.6 Å². The summed E-state index contributed by atoms with van der Waals surface area (Å²) in [7, 11) is 0. The van der Waals surface area contributed by atoms with Gasteiger partial charge in [0, 0.05) is 18.7 Å². The second-order valence-corrected chi connectivity index (χ2v) is 4.84. The molecule has 1 aliphatic heterocycles. The lowest BCUT2D eigenvalue weighted by Crippen LogP contribution is -2.46. The van der Waals surface area contributed by atoms with Crippen LogP contribution < -0.4 is 0 Å². The van der Waals surface area contributed by atoms with Gasteiger partial charge in [-0.25, -0.2) is 8.78 Å². The number of carbonyl (C=O) groups excluding carboxylic acids is 1. The summed E-state index contributed by atoms with van der Waals surface area (Å²) in [5.74, 6) is -2.63. The van der Waals surface area contributed by atoms with Crippen LogP contribution in [-0.2, 0) is 20.7 Å². The summed E-state index contributed by atoms with van der Waals surface area (Å²) in [4.78, 5) is 24.2. The number of aliphatic carboxylic acids is 1. The molecule has 7 heteroatoms. The largest absolute Gasteiger partial charge is 0.481 e.